The van der Waals surface area contributed by atoms with Gasteiger partial charge < -0.3 is 10.1 Å². The van der Waals surface area contributed by atoms with Crippen LogP contribution in [0.25, 0.3) is 0 Å². The highest BCUT2D eigenvalue weighted by Crippen LogP contribution is 2.23. The number of hydrogen-bond donors (Lipinski definition) is 1. The minimum absolute atomic E-state index is 0.252. The van der Waals surface area contributed by atoms with Gasteiger partial charge in [0.15, 0.2) is 0 Å². The summed E-state index contributed by atoms with van der Waals surface area (Å²) >= 11 is 3.57. The van der Waals surface area contributed by atoms with Gasteiger partial charge in [0, 0.05) is 35.4 Å². The van der Waals surface area contributed by atoms with Crippen LogP contribution in [0.5, 0.6) is 5.75 Å². The Morgan fingerprint density at radius 3 is 2.80 bits per heavy atom. The topological polar surface area (TPSA) is 39.1 Å². The first-order chi connectivity index (χ1) is 9.52. The number of methoxy groups -OCH3 is 1. The number of nitrogens with zero attached hydrogens (tertiary/aromatic N) is 2. The maximum atomic E-state index is 5.26. The zero-order chi connectivity index (χ0) is 14.7. The van der Waals surface area contributed by atoms with E-state index < -0.39 is 0 Å². The van der Waals surface area contributed by atoms with Crippen molar-refractivity contribution in [3.05, 3.63) is 45.7 Å². The first kappa shape index (κ1) is 15.1. The molecular weight excluding hydrogens is 318 g/mol. The lowest BCUT2D eigenvalue weighted by molar-refractivity contribution is 0.413. The van der Waals surface area contributed by atoms with Crippen LogP contribution in [0.2, 0.25) is 0 Å². The van der Waals surface area contributed by atoms with Gasteiger partial charge in [0.05, 0.1) is 13.3 Å². The molecule has 1 aromatic carbocycles. The van der Waals surface area contributed by atoms with Crippen molar-refractivity contribution in [2.45, 2.75) is 26.4 Å². The van der Waals surface area contributed by atoms with Crippen molar-refractivity contribution in [2.75, 3.05) is 7.11 Å². The molecule has 0 saturated carbocycles. The summed E-state index contributed by atoms with van der Waals surface area (Å²) in [6, 6.07) is 6.25. The summed E-state index contributed by atoms with van der Waals surface area (Å²) in [6.07, 6.45) is 1.92. The summed E-state index contributed by atoms with van der Waals surface area (Å²) in [5, 5.41) is 7.81. The van der Waals surface area contributed by atoms with Gasteiger partial charge in [0.2, 0.25) is 0 Å². The minimum Gasteiger partial charge on any atom is -0.497 e. The molecule has 0 aliphatic rings. The lowest BCUT2D eigenvalue weighted by Gasteiger charge is -2.15. The van der Waals surface area contributed by atoms with E-state index in [1.54, 1.807) is 7.11 Å². The maximum Gasteiger partial charge on any atom is 0.119 e. The normalized spacial score (nSPS) is 12.4. The van der Waals surface area contributed by atoms with E-state index in [1.165, 1.54) is 16.8 Å². The average molecular weight is 338 g/mol. The van der Waals surface area contributed by atoms with Gasteiger partial charge in [0.25, 0.3) is 0 Å². The maximum absolute atomic E-state index is 5.26. The third-order valence-electron chi connectivity index (χ3n) is 3.59. The van der Waals surface area contributed by atoms with Gasteiger partial charge in [-0.05, 0) is 37.6 Å². The largest absolute Gasteiger partial charge is 0.497 e. The van der Waals surface area contributed by atoms with Crippen LogP contribution < -0.4 is 10.1 Å². The Hall–Kier alpha value is -1.33. The Balaban J connectivity index is 2.07. The van der Waals surface area contributed by atoms with Crippen LogP contribution in [0.1, 0.15) is 29.8 Å². The summed E-state index contributed by atoms with van der Waals surface area (Å²) in [5.74, 6) is 0.871. The predicted octanol–water partition coefficient (Wildman–Crippen LogP) is 3.35. The minimum atomic E-state index is 0.252. The number of ether oxygens (including phenoxy) is 1. The number of benzene rings is 1. The molecule has 0 bridgehead atoms. The summed E-state index contributed by atoms with van der Waals surface area (Å²) < 4.78 is 8.24. The molecule has 1 aromatic heterocycles. The molecule has 0 fully saturated rings. The van der Waals surface area contributed by atoms with Crippen LogP contribution in [0.3, 0.4) is 0 Å². The molecule has 4 nitrogen and oxygen atoms in total. The molecule has 5 heteroatoms. The second-order valence-corrected chi connectivity index (χ2v) is 5.72. The predicted molar refractivity (Wildman–Crippen MR) is 83.9 cm³/mol. The van der Waals surface area contributed by atoms with E-state index in [0.29, 0.717) is 0 Å². The molecule has 1 heterocycles. The summed E-state index contributed by atoms with van der Waals surface area (Å²) in [6.45, 7) is 5.01. The molecule has 0 aliphatic carbocycles. The second kappa shape index (κ2) is 6.41. The molecule has 1 unspecified atom stereocenters. The Morgan fingerprint density at radius 1 is 1.45 bits per heavy atom. The number of nitrogens with one attached hydrogen (secondary N) is 1. The van der Waals surface area contributed by atoms with Crippen LogP contribution in [0.15, 0.2) is 28.9 Å². The van der Waals surface area contributed by atoms with E-state index in [1.807, 2.05) is 36.1 Å². The zero-order valence-corrected chi connectivity index (χ0v) is 13.9. The highest BCUT2D eigenvalue weighted by molar-refractivity contribution is 9.10. The Labute approximate surface area is 128 Å². The van der Waals surface area contributed by atoms with Crippen molar-refractivity contribution in [2.24, 2.45) is 7.05 Å². The monoisotopic (exact) mass is 337 g/mol. The fourth-order valence-electron chi connectivity index (χ4n) is 2.13. The number of aryl methyl sites for hydroxylation is 1. The van der Waals surface area contributed by atoms with Gasteiger partial charge in [-0.1, -0.05) is 15.9 Å². The molecule has 0 amide bonds. The van der Waals surface area contributed by atoms with Crippen molar-refractivity contribution in [1.29, 1.82) is 0 Å². The number of aromatic nitrogens is 2. The first-order valence-corrected chi connectivity index (χ1v) is 7.36. The Morgan fingerprint density at radius 2 is 2.20 bits per heavy atom. The number of halogens is 1. The quantitative estimate of drug-likeness (QED) is 0.909. The van der Waals surface area contributed by atoms with Crippen LogP contribution in [-0.4, -0.2) is 16.9 Å². The average Bonchev–Trinajstić information content (AvgIpc) is 2.78. The van der Waals surface area contributed by atoms with E-state index in [2.05, 4.69) is 40.2 Å². The van der Waals surface area contributed by atoms with Crippen molar-refractivity contribution >= 4 is 15.9 Å². The van der Waals surface area contributed by atoms with Gasteiger partial charge in [-0.3, -0.25) is 4.68 Å². The smallest absolute Gasteiger partial charge is 0.119 e. The van der Waals surface area contributed by atoms with Crippen molar-refractivity contribution in [3.63, 3.8) is 0 Å². The van der Waals surface area contributed by atoms with Gasteiger partial charge in [-0.2, -0.15) is 5.10 Å². The number of hydrogen-bond acceptors (Lipinski definition) is 3. The summed E-state index contributed by atoms with van der Waals surface area (Å²) in [7, 11) is 3.65. The van der Waals surface area contributed by atoms with Crippen molar-refractivity contribution < 1.29 is 4.74 Å². The van der Waals surface area contributed by atoms with Crippen molar-refractivity contribution in [1.82, 2.24) is 15.1 Å². The van der Waals surface area contributed by atoms with Crippen LogP contribution in [0, 0.1) is 6.92 Å². The van der Waals surface area contributed by atoms with Crippen molar-refractivity contribution in [3.8, 4) is 5.75 Å². The standard InChI is InChI=1S/C15H20BrN3O/c1-10(14-9-18-19(3)11(14)2)17-8-12-7-13(20-4)5-6-15(12)16/h5-7,9-10,17H,8H2,1-4H3. The third kappa shape index (κ3) is 3.22. The molecule has 0 saturated heterocycles. The van der Waals surface area contributed by atoms with E-state index in [9.17, 15) is 0 Å². The van der Waals surface area contributed by atoms with Gasteiger partial charge in [0.1, 0.15) is 5.75 Å². The van der Waals surface area contributed by atoms with Crippen LogP contribution in [-0.2, 0) is 13.6 Å². The molecule has 0 aliphatic heterocycles. The SMILES string of the molecule is COc1ccc(Br)c(CNC(C)c2cnn(C)c2C)c1. The van der Waals surface area contributed by atoms with Crippen LogP contribution in [0.4, 0.5) is 0 Å². The summed E-state index contributed by atoms with van der Waals surface area (Å²) in [5.41, 5.74) is 3.60. The van der Waals surface area contributed by atoms with E-state index in [0.717, 1.165) is 16.8 Å². The van der Waals surface area contributed by atoms with E-state index >= 15 is 0 Å². The molecule has 108 valence electrons. The highest BCUT2D eigenvalue weighted by Gasteiger charge is 2.12. The van der Waals surface area contributed by atoms with Crippen LogP contribution >= 0.6 is 15.9 Å². The fourth-order valence-corrected chi connectivity index (χ4v) is 2.51. The number of rotatable bonds is 5. The molecule has 0 radical (unpaired) electrons. The van der Waals surface area contributed by atoms with Gasteiger partial charge in [-0.15, -0.1) is 0 Å². The van der Waals surface area contributed by atoms with E-state index in [-0.39, 0.29) is 6.04 Å². The summed E-state index contributed by atoms with van der Waals surface area (Å²) in [4.78, 5) is 0. The van der Waals surface area contributed by atoms with E-state index in [4.69, 9.17) is 4.74 Å². The second-order valence-electron chi connectivity index (χ2n) is 4.87. The highest BCUT2D eigenvalue weighted by atomic mass is 79.9. The Kier molecular flexibility index (Phi) is 4.83. The zero-order valence-electron chi connectivity index (χ0n) is 12.3. The molecule has 2 aromatic rings. The van der Waals surface area contributed by atoms with Gasteiger partial charge >= 0.3 is 0 Å². The third-order valence-corrected chi connectivity index (χ3v) is 4.36. The molecule has 2 rings (SSSR count). The molecule has 0 spiro atoms. The molecular formula is C15H20BrN3O. The molecule has 20 heavy (non-hydrogen) atoms. The lowest BCUT2D eigenvalue weighted by Crippen LogP contribution is -2.19. The molecule has 1 N–H and O–H groups in total. The lowest BCUT2D eigenvalue weighted by atomic mass is 10.1. The first-order valence-electron chi connectivity index (χ1n) is 6.57. The van der Waals surface area contributed by atoms with Gasteiger partial charge in [-0.25, -0.2) is 0 Å². The molecule has 1 atom stereocenters. The Bertz CT molecular complexity index is 595. The fraction of sp³-hybridized carbons (Fsp3) is 0.400.